The summed E-state index contributed by atoms with van der Waals surface area (Å²) in [5.41, 5.74) is 0.258. The zero-order valence-electron chi connectivity index (χ0n) is 11.2. The smallest absolute Gasteiger partial charge is 0.334 e. The largest absolute Gasteiger partial charge is 0.494 e. The number of carbonyl (C=O) groups is 1. The maximum atomic E-state index is 10.8. The molecule has 0 amide bonds. The van der Waals surface area contributed by atoms with Crippen LogP contribution in [-0.4, -0.2) is 42.4 Å². The number of hydrogen-bond acceptors (Lipinski definition) is 6. The second-order valence-electron chi connectivity index (χ2n) is 3.85. The second-order valence-corrected chi connectivity index (χ2v) is 3.85. The van der Waals surface area contributed by atoms with Crippen molar-refractivity contribution in [3.05, 3.63) is 28.3 Å². The molecule has 1 aromatic rings. The lowest BCUT2D eigenvalue weighted by atomic mass is 10.2. The molecule has 1 unspecified atom stereocenters. The topological polar surface area (TPSA) is 111 Å². The van der Waals surface area contributed by atoms with Crippen molar-refractivity contribution in [1.29, 1.82) is 0 Å². The first-order valence-electron chi connectivity index (χ1n) is 5.89. The predicted octanol–water partition coefficient (Wildman–Crippen LogP) is 1.50. The van der Waals surface area contributed by atoms with Crippen LogP contribution in [0.4, 0.5) is 11.4 Å². The average Bonchev–Trinajstić information content (AvgIpc) is 2.39. The molecule has 0 bridgehead atoms. The van der Waals surface area contributed by atoms with Gasteiger partial charge in [0.1, 0.15) is 5.75 Å². The molecule has 0 saturated carbocycles. The highest BCUT2D eigenvalue weighted by Gasteiger charge is 2.17. The van der Waals surface area contributed by atoms with Gasteiger partial charge in [-0.25, -0.2) is 4.79 Å². The number of anilines is 1. The summed E-state index contributed by atoms with van der Waals surface area (Å²) in [7, 11) is 1.28. The van der Waals surface area contributed by atoms with Crippen molar-refractivity contribution in [3.8, 4) is 5.75 Å². The molecule has 1 rings (SSSR count). The van der Waals surface area contributed by atoms with E-state index in [1.807, 2.05) is 0 Å². The summed E-state index contributed by atoms with van der Waals surface area (Å²) >= 11 is 0. The number of carboxylic acids is 1. The first-order chi connectivity index (χ1) is 9.47. The number of benzene rings is 1. The number of aliphatic carboxylic acids is 1. The summed E-state index contributed by atoms with van der Waals surface area (Å²) in [6.07, 6.45) is -1.04. The maximum Gasteiger partial charge on any atom is 0.334 e. The van der Waals surface area contributed by atoms with Crippen molar-refractivity contribution in [1.82, 2.24) is 0 Å². The van der Waals surface area contributed by atoms with E-state index in [0.717, 1.165) is 0 Å². The lowest BCUT2D eigenvalue weighted by Gasteiger charge is -2.13. The van der Waals surface area contributed by atoms with E-state index in [-0.39, 0.29) is 12.2 Å². The van der Waals surface area contributed by atoms with Gasteiger partial charge in [-0.1, -0.05) is 0 Å². The molecule has 0 spiro atoms. The van der Waals surface area contributed by atoms with Crippen molar-refractivity contribution in [3.63, 3.8) is 0 Å². The van der Waals surface area contributed by atoms with Gasteiger partial charge >= 0.3 is 5.97 Å². The number of non-ortho nitro benzene ring substituents is 1. The molecule has 0 aliphatic rings. The minimum Gasteiger partial charge on any atom is -0.494 e. The van der Waals surface area contributed by atoms with Crippen molar-refractivity contribution in [2.75, 3.05) is 25.6 Å². The number of nitro benzene ring substituents is 1. The van der Waals surface area contributed by atoms with E-state index in [2.05, 4.69) is 5.32 Å². The summed E-state index contributed by atoms with van der Waals surface area (Å²) < 4.78 is 9.99. The van der Waals surface area contributed by atoms with Crippen LogP contribution in [0.2, 0.25) is 0 Å². The molecule has 8 heteroatoms. The third-order valence-corrected chi connectivity index (χ3v) is 2.46. The predicted molar refractivity (Wildman–Crippen MR) is 71.2 cm³/mol. The van der Waals surface area contributed by atoms with Gasteiger partial charge in [-0.05, 0) is 6.92 Å². The molecule has 20 heavy (non-hydrogen) atoms. The van der Waals surface area contributed by atoms with Crippen LogP contribution in [0.5, 0.6) is 5.75 Å². The fraction of sp³-hybridized carbons (Fsp3) is 0.417. The molecule has 0 fully saturated rings. The quantitative estimate of drug-likeness (QED) is 0.549. The monoisotopic (exact) mass is 284 g/mol. The molecule has 110 valence electrons. The first-order valence-corrected chi connectivity index (χ1v) is 5.89. The van der Waals surface area contributed by atoms with Crippen LogP contribution in [0.15, 0.2) is 18.2 Å². The van der Waals surface area contributed by atoms with Gasteiger partial charge in [0.2, 0.25) is 0 Å². The van der Waals surface area contributed by atoms with E-state index < -0.39 is 17.0 Å². The molecule has 0 heterocycles. The number of hydrogen-bond donors (Lipinski definition) is 2. The van der Waals surface area contributed by atoms with Gasteiger partial charge in [0.05, 0.1) is 24.1 Å². The third-order valence-electron chi connectivity index (χ3n) is 2.46. The Kier molecular flexibility index (Phi) is 5.73. The highest BCUT2D eigenvalue weighted by Crippen LogP contribution is 2.26. The highest BCUT2D eigenvalue weighted by atomic mass is 16.6. The van der Waals surface area contributed by atoms with Crippen molar-refractivity contribution in [2.24, 2.45) is 0 Å². The van der Waals surface area contributed by atoms with Crippen LogP contribution in [0.25, 0.3) is 0 Å². The van der Waals surface area contributed by atoms with Crippen LogP contribution in [0, 0.1) is 10.1 Å². The Hall–Kier alpha value is -2.35. The molecule has 1 aromatic carbocycles. The fourth-order valence-corrected chi connectivity index (χ4v) is 1.52. The average molecular weight is 284 g/mol. The number of methoxy groups -OCH3 is 1. The van der Waals surface area contributed by atoms with E-state index in [0.29, 0.717) is 18.0 Å². The lowest BCUT2D eigenvalue weighted by Crippen LogP contribution is -2.30. The molecule has 0 aromatic heterocycles. The van der Waals surface area contributed by atoms with E-state index in [9.17, 15) is 14.9 Å². The lowest BCUT2D eigenvalue weighted by molar-refractivity contribution is -0.384. The normalized spacial score (nSPS) is 11.7. The molecule has 0 aliphatic heterocycles. The molecule has 0 radical (unpaired) electrons. The van der Waals surface area contributed by atoms with E-state index in [4.69, 9.17) is 14.6 Å². The molecule has 8 nitrogen and oxygen atoms in total. The van der Waals surface area contributed by atoms with E-state index in [1.165, 1.54) is 19.2 Å². The van der Waals surface area contributed by atoms with Gasteiger partial charge in [-0.15, -0.1) is 0 Å². The number of ether oxygens (including phenoxy) is 2. The van der Waals surface area contributed by atoms with Crippen molar-refractivity contribution >= 4 is 17.3 Å². The van der Waals surface area contributed by atoms with Crippen LogP contribution in [0.3, 0.4) is 0 Å². The summed E-state index contributed by atoms with van der Waals surface area (Å²) in [5, 5.41) is 22.4. The van der Waals surface area contributed by atoms with Gasteiger partial charge in [-0.2, -0.15) is 0 Å². The fourth-order valence-electron chi connectivity index (χ4n) is 1.52. The molecule has 0 aliphatic carbocycles. The first kappa shape index (κ1) is 15.7. The summed E-state index contributed by atoms with van der Waals surface area (Å²) in [4.78, 5) is 21.1. The number of carboxylic acid groups (broad SMARTS) is 1. The number of nitrogens with one attached hydrogen (secondary N) is 1. The SMILES string of the molecule is CCOc1cc(NCC(OC)C(=O)O)cc([N+](=O)[O-])c1. The molecule has 2 N–H and O–H groups in total. The third kappa shape index (κ3) is 4.39. The summed E-state index contributed by atoms with van der Waals surface area (Å²) in [6, 6.07) is 4.17. The standard InChI is InChI=1S/C12H16N2O6/c1-3-20-10-5-8(4-9(6-10)14(17)18)13-7-11(19-2)12(15)16/h4-6,11,13H,3,7H2,1-2H3,(H,15,16). The molecule has 1 atom stereocenters. The summed E-state index contributed by atoms with van der Waals surface area (Å²) in [6.45, 7) is 2.12. The van der Waals surface area contributed by atoms with Gasteiger partial charge in [-0.3, -0.25) is 10.1 Å². The van der Waals surface area contributed by atoms with Crippen LogP contribution < -0.4 is 10.1 Å². The Balaban J connectivity index is 2.87. The molecule has 0 saturated heterocycles. The van der Waals surface area contributed by atoms with Gasteiger partial charge in [0.25, 0.3) is 5.69 Å². The minimum absolute atomic E-state index is 0.0153. The maximum absolute atomic E-state index is 10.8. The molecular weight excluding hydrogens is 268 g/mol. The minimum atomic E-state index is -1.12. The van der Waals surface area contributed by atoms with Crippen LogP contribution in [0.1, 0.15) is 6.92 Å². The highest BCUT2D eigenvalue weighted by molar-refractivity contribution is 5.73. The van der Waals surface area contributed by atoms with Crippen LogP contribution >= 0.6 is 0 Å². The van der Waals surface area contributed by atoms with E-state index >= 15 is 0 Å². The Morgan fingerprint density at radius 1 is 1.50 bits per heavy atom. The Morgan fingerprint density at radius 3 is 2.70 bits per heavy atom. The van der Waals surface area contributed by atoms with E-state index in [1.54, 1.807) is 13.0 Å². The number of nitro groups is 1. The van der Waals surface area contributed by atoms with Gasteiger partial charge in [0.15, 0.2) is 6.10 Å². The molecular formula is C12H16N2O6. The zero-order valence-corrected chi connectivity index (χ0v) is 11.2. The van der Waals surface area contributed by atoms with Gasteiger partial charge < -0.3 is 19.9 Å². The number of nitrogens with zero attached hydrogens (tertiary/aromatic N) is 1. The summed E-state index contributed by atoms with van der Waals surface area (Å²) in [5.74, 6) is -0.774. The zero-order chi connectivity index (χ0) is 15.1. The Morgan fingerprint density at radius 2 is 2.20 bits per heavy atom. The Labute approximate surface area is 115 Å². The van der Waals surface area contributed by atoms with Gasteiger partial charge in [0, 0.05) is 24.9 Å². The van der Waals surface area contributed by atoms with Crippen molar-refractivity contribution < 1.29 is 24.3 Å². The second kappa shape index (κ2) is 7.29. The van der Waals surface area contributed by atoms with Crippen molar-refractivity contribution in [2.45, 2.75) is 13.0 Å². The number of rotatable bonds is 8. The van der Waals surface area contributed by atoms with Crippen LogP contribution in [-0.2, 0) is 9.53 Å². The Bertz CT molecular complexity index is 491.